The first kappa shape index (κ1) is 14.9. The Labute approximate surface area is 129 Å². The Morgan fingerprint density at radius 3 is 2.38 bits per heavy atom. The first-order chi connectivity index (χ1) is 9.92. The van der Waals surface area contributed by atoms with Gasteiger partial charge in [-0.2, -0.15) is 0 Å². The Balaban J connectivity index is 1.67. The fourth-order valence-corrected chi connectivity index (χ4v) is 3.98. The van der Waals surface area contributed by atoms with E-state index in [9.17, 15) is 0 Å². The van der Waals surface area contributed by atoms with Gasteiger partial charge in [-0.05, 0) is 69.6 Å². The monoisotopic (exact) mass is 286 g/mol. The second kappa shape index (κ2) is 5.64. The van der Waals surface area contributed by atoms with Crippen molar-refractivity contribution in [3.05, 3.63) is 29.3 Å². The molecule has 2 unspecified atom stereocenters. The van der Waals surface area contributed by atoms with Crippen molar-refractivity contribution in [2.75, 3.05) is 18.0 Å². The molecule has 116 valence electrons. The van der Waals surface area contributed by atoms with Gasteiger partial charge in [-0.1, -0.05) is 18.6 Å². The van der Waals surface area contributed by atoms with Crippen molar-refractivity contribution in [3.8, 4) is 0 Å². The van der Waals surface area contributed by atoms with Crippen molar-refractivity contribution in [2.45, 2.75) is 59.0 Å². The van der Waals surface area contributed by atoms with Gasteiger partial charge in [-0.25, -0.2) is 0 Å². The van der Waals surface area contributed by atoms with Crippen LogP contribution in [0.3, 0.4) is 0 Å². The third-order valence-electron chi connectivity index (χ3n) is 5.15. The third kappa shape index (κ3) is 3.42. The molecule has 2 atom stereocenters. The normalized spacial score (nSPS) is 25.4. The van der Waals surface area contributed by atoms with Gasteiger partial charge in [0.15, 0.2) is 0 Å². The molecule has 1 N–H and O–H groups in total. The van der Waals surface area contributed by atoms with Crippen molar-refractivity contribution in [3.63, 3.8) is 0 Å². The zero-order valence-corrected chi connectivity index (χ0v) is 14.1. The molecule has 0 amide bonds. The lowest BCUT2D eigenvalue weighted by Crippen LogP contribution is -2.35. The smallest absolute Gasteiger partial charge is 0.0396 e. The van der Waals surface area contributed by atoms with Gasteiger partial charge >= 0.3 is 0 Å². The first-order valence-corrected chi connectivity index (χ1v) is 8.52. The maximum atomic E-state index is 3.57. The quantitative estimate of drug-likeness (QED) is 0.899. The highest BCUT2D eigenvalue weighted by molar-refractivity contribution is 5.55. The van der Waals surface area contributed by atoms with E-state index in [0.29, 0.717) is 0 Å². The van der Waals surface area contributed by atoms with Crippen LogP contribution in [0.25, 0.3) is 0 Å². The minimum Gasteiger partial charge on any atom is -0.371 e. The summed E-state index contributed by atoms with van der Waals surface area (Å²) in [4.78, 5) is 2.63. The van der Waals surface area contributed by atoms with E-state index in [4.69, 9.17) is 0 Å². The molecule has 0 aromatic heterocycles. The van der Waals surface area contributed by atoms with Gasteiger partial charge in [-0.15, -0.1) is 0 Å². The number of aryl methyl sites for hydroxylation is 1. The van der Waals surface area contributed by atoms with Gasteiger partial charge in [0.1, 0.15) is 0 Å². The first-order valence-electron chi connectivity index (χ1n) is 8.52. The fourth-order valence-electron chi connectivity index (χ4n) is 3.98. The molecule has 1 saturated heterocycles. The largest absolute Gasteiger partial charge is 0.371 e. The number of rotatable bonds is 3. The minimum absolute atomic E-state index is 0.180. The van der Waals surface area contributed by atoms with Gasteiger partial charge in [0, 0.05) is 30.9 Å². The number of anilines is 1. The van der Waals surface area contributed by atoms with E-state index >= 15 is 0 Å². The number of benzene rings is 1. The summed E-state index contributed by atoms with van der Waals surface area (Å²) in [6.45, 7) is 12.4. The standard InChI is InChI=1S/C19H30N2/c1-14-10-15(11-20-19(2,3)4)8-9-18(14)21-12-16-6-5-7-17(16)13-21/h8-10,16-17,20H,5-7,11-13H2,1-4H3. The number of hydrogen-bond donors (Lipinski definition) is 1. The van der Waals surface area contributed by atoms with Gasteiger partial charge < -0.3 is 10.2 Å². The van der Waals surface area contributed by atoms with E-state index in [1.54, 1.807) is 0 Å². The van der Waals surface area contributed by atoms with Crippen molar-refractivity contribution < 1.29 is 0 Å². The molecule has 1 aliphatic carbocycles. The van der Waals surface area contributed by atoms with Crippen LogP contribution >= 0.6 is 0 Å². The SMILES string of the molecule is Cc1cc(CNC(C)(C)C)ccc1N1CC2CCCC2C1. The molecular weight excluding hydrogens is 256 g/mol. The van der Waals surface area contributed by atoms with Gasteiger partial charge in [0.25, 0.3) is 0 Å². The Hall–Kier alpha value is -1.02. The molecule has 0 bridgehead atoms. The summed E-state index contributed by atoms with van der Waals surface area (Å²) >= 11 is 0. The Morgan fingerprint density at radius 2 is 1.81 bits per heavy atom. The predicted octanol–water partition coefficient (Wildman–Crippen LogP) is 4.12. The summed E-state index contributed by atoms with van der Waals surface area (Å²) in [7, 11) is 0. The summed E-state index contributed by atoms with van der Waals surface area (Å²) in [6.07, 6.45) is 4.36. The van der Waals surface area contributed by atoms with Crippen LogP contribution < -0.4 is 10.2 Å². The van der Waals surface area contributed by atoms with Crippen LogP contribution in [0.1, 0.15) is 51.2 Å². The van der Waals surface area contributed by atoms with E-state index in [1.165, 1.54) is 49.2 Å². The molecule has 1 aromatic carbocycles. The van der Waals surface area contributed by atoms with Crippen LogP contribution in [0.5, 0.6) is 0 Å². The predicted molar refractivity (Wildman–Crippen MR) is 90.8 cm³/mol. The lowest BCUT2D eigenvalue weighted by atomic mass is 10.0. The lowest BCUT2D eigenvalue weighted by Gasteiger charge is -2.24. The Kier molecular flexibility index (Phi) is 4.00. The summed E-state index contributed by atoms with van der Waals surface area (Å²) in [5.74, 6) is 1.93. The van der Waals surface area contributed by atoms with E-state index in [2.05, 4.69) is 56.1 Å². The number of nitrogens with zero attached hydrogens (tertiary/aromatic N) is 1. The molecule has 2 heteroatoms. The van der Waals surface area contributed by atoms with E-state index in [1.807, 2.05) is 0 Å². The molecule has 3 rings (SSSR count). The van der Waals surface area contributed by atoms with Crippen molar-refractivity contribution in [1.82, 2.24) is 5.32 Å². The molecule has 1 aromatic rings. The van der Waals surface area contributed by atoms with Crippen LogP contribution in [0.2, 0.25) is 0 Å². The van der Waals surface area contributed by atoms with Crippen molar-refractivity contribution in [2.24, 2.45) is 11.8 Å². The van der Waals surface area contributed by atoms with Gasteiger partial charge in [0.2, 0.25) is 0 Å². The molecule has 1 aliphatic heterocycles. The molecule has 2 fully saturated rings. The van der Waals surface area contributed by atoms with Gasteiger partial charge in [-0.3, -0.25) is 0 Å². The molecule has 1 saturated carbocycles. The highest BCUT2D eigenvalue weighted by atomic mass is 15.2. The summed E-state index contributed by atoms with van der Waals surface area (Å²) in [6, 6.07) is 7.01. The summed E-state index contributed by atoms with van der Waals surface area (Å²) in [5.41, 5.74) is 4.47. The topological polar surface area (TPSA) is 15.3 Å². The summed E-state index contributed by atoms with van der Waals surface area (Å²) < 4.78 is 0. The highest BCUT2D eigenvalue weighted by Crippen LogP contribution is 2.40. The van der Waals surface area contributed by atoms with Crippen LogP contribution in [0.15, 0.2) is 18.2 Å². The molecule has 2 nitrogen and oxygen atoms in total. The maximum Gasteiger partial charge on any atom is 0.0396 e. The number of nitrogens with one attached hydrogen (secondary N) is 1. The molecule has 21 heavy (non-hydrogen) atoms. The number of hydrogen-bond acceptors (Lipinski definition) is 2. The molecular formula is C19H30N2. The van der Waals surface area contributed by atoms with Crippen molar-refractivity contribution in [1.29, 1.82) is 0 Å². The molecule has 0 spiro atoms. The van der Waals surface area contributed by atoms with Crippen LogP contribution in [0, 0.1) is 18.8 Å². The average molecular weight is 286 g/mol. The third-order valence-corrected chi connectivity index (χ3v) is 5.15. The Morgan fingerprint density at radius 1 is 1.14 bits per heavy atom. The second-order valence-electron chi connectivity index (χ2n) is 8.08. The summed E-state index contributed by atoms with van der Waals surface area (Å²) in [5, 5.41) is 3.57. The van der Waals surface area contributed by atoms with Crippen LogP contribution in [0.4, 0.5) is 5.69 Å². The fraction of sp³-hybridized carbons (Fsp3) is 0.684. The van der Waals surface area contributed by atoms with Gasteiger partial charge in [0.05, 0.1) is 0 Å². The molecule has 2 aliphatic rings. The Bertz CT molecular complexity index is 489. The van der Waals surface area contributed by atoms with E-state index in [-0.39, 0.29) is 5.54 Å². The van der Waals surface area contributed by atoms with Crippen LogP contribution in [-0.2, 0) is 6.54 Å². The van der Waals surface area contributed by atoms with E-state index < -0.39 is 0 Å². The molecule has 1 heterocycles. The minimum atomic E-state index is 0.180. The maximum absolute atomic E-state index is 3.57. The zero-order valence-electron chi connectivity index (χ0n) is 14.1. The zero-order chi connectivity index (χ0) is 15.0. The van der Waals surface area contributed by atoms with Crippen molar-refractivity contribution >= 4 is 5.69 Å². The lowest BCUT2D eigenvalue weighted by molar-refractivity contribution is 0.424. The highest BCUT2D eigenvalue weighted by Gasteiger charge is 2.36. The van der Waals surface area contributed by atoms with E-state index in [0.717, 1.165) is 18.4 Å². The average Bonchev–Trinajstić information content (AvgIpc) is 2.96. The van der Waals surface area contributed by atoms with Crippen LogP contribution in [-0.4, -0.2) is 18.6 Å². The number of fused-ring (bicyclic) bond motifs is 1. The molecule has 0 radical (unpaired) electrons. The second-order valence-corrected chi connectivity index (χ2v) is 8.08.